The zero-order valence-corrected chi connectivity index (χ0v) is 10.0. The third-order valence-corrected chi connectivity index (χ3v) is 3.35. The minimum Gasteiger partial charge on any atom is -0.351 e. The predicted octanol–water partition coefficient (Wildman–Crippen LogP) is 3.22. The van der Waals surface area contributed by atoms with E-state index in [9.17, 15) is 17.6 Å². The van der Waals surface area contributed by atoms with E-state index in [2.05, 4.69) is 0 Å². The van der Waals surface area contributed by atoms with Crippen LogP contribution in [0.5, 0.6) is 0 Å². The Bertz CT molecular complexity index is 473. The van der Waals surface area contributed by atoms with Gasteiger partial charge < -0.3 is 4.90 Å². The predicted molar refractivity (Wildman–Crippen MR) is 62.2 cm³/mol. The molecule has 0 unspecified atom stereocenters. The van der Waals surface area contributed by atoms with Crippen molar-refractivity contribution >= 4 is 17.6 Å². The molecule has 0 amide bonds. The van der Waals surface area contributed by atoms with Crippen molar-refractivity contribution in [3.63, 3.8) is 0 Å². The molecule has 1 aliphatic rings. The first-order valence-corrected chi connectivity index (χ1v) is 6.18. The van der Waals surface area contributed by atoms with Crippen LogP contribution >= 0.6 is 11.8 Å². The van der Waals surface area contributed by atoms with Crippen LogP contribution in [-0.2, 0) is 6.54 Å². The number of alkyl halides is 3. The van der Waals surface area contributed by atoms with E-state index >= 15 is 0 Å². The van der Waals surface area contributed by atoms with Gasteiger partial charge in [0.2, 0.25) is 0 Å². The van der Waals surface area contributed by atoms with Gasteiger partial charge in [0.05, 0.1) is 0 Å². The lowest BCUT2D eigenvalue weighted by Gasteiger charge is -2.17. The lowest BCUT2D eigenvalue weighted by Crippen LogP contribution is -2.27. The third-order valence-electron chi connectivity index (χ3n) is 2.63. The van der Waals surface area contributed by atoms with Crippen LogP contribution in [0.15, 0.2) is 18.2 Å². The summed E-state index contributed by atoms with van der Waals surface area (Å²) >= 11 is -0.108. The highest BCUT2D eigenvalue weighted by Gasteiger charge is 2.29. The van der Waals surface area contributed by atoms with E-state index in [4.69, 9.17) is 5.41 Å². The van der Waals surface area contributed by atoms with Gasteiger partial charge in [-0.05, 0) is 29.5 Å². The Hall–Kier alpha value is -1.24. The molecule has 7 heteroatoms. The highest BCUT2D eigenvalue weighted by atomic mass is 32.2. The van der Waals surface area contributed by atoms with Crippen LogP contribution in [0.3, 0.4) is 0 Å². The fourth-order valence-corrected chi connectivity index (χ4v) is 2.37. The fraction of sp³-hybridized carbons (Fsp3) is 0.364. The SMILES string of the molecule is N=C1c2cc(F)ccc2CN1CCSC(F)(F)F. The van der Waals surface area contributed by atoms with E-state index in [0.29, 0.717) is 12.1 Å². The van der Waals surface area contributed by atoms with Crippen LogP contribution in [0.25, 0.3) is 0 Å². The summed E-state index contributed by atoms with van der Waals surface area (Å²) in [7, 11) is 0. The number of hydrogen-bond donors (Lipinski definition) is 1. The number of rotatable bonds is 3. The van der Waals surface area contributed by atoms with E-state index in [1.807, 2.05) is 0 Å². The maximum atomic E-state index is 13.0. The number of nitrogens with one attached hydrogen (secondary N) is 1. The highest BCUT2D eigenvalue weighted by Crippen LogP contribution is 2.31. The summed E-state index contributed by atoms with van der Waals surface area (Å²) in [6, 6.07) is 4.10. The van der Waals surface area contributed by atoms with E-state index < -0.39 is 11.3 Å². The molecule has 1 N–H and O–H groups in total. The van der Waals surface area contributed by atoms with Crippen LogP contribution in [0.1, 0.15) is 11.1 Å². The first-order chi connectivity index (χ1) is 8.37. The number of nitrogens with zero attached hydrogens (tertiary/aromatic N) is 1. The number of hydrogen-bond acceptors (Lipinski definition) is 2. The molecule has 0 atom stereocenters. The molecular formula is C11H10F4N2S. The molecule has 1 aliphatic heterocycles. The highest BCUT2D eigenvalue weighted by molar-refractivity contribution is 8.00. The van der Waals surface area contributed by atoms with Gasteiger partial charge in [-0.1, -0.05) is 6.07 Å². The van der Waals surface area contributed by atoms with E-state index in [0.717, 1.165) is 5.56 Å². The maximum absolute atomic E-state index is 13.0. The average Bonchev–Trinajstić information content (AvgIpc) is 2.55. The molecular weight excluding hydrogens is 268 g/mol. The summed E-state index contributed by atoms with van der Waals surface area (Å²) < 4.78 is 49.0. The van der Waals surface area contributed by atoms with Gasteiger partial charge in [0.25, 0.3) is 0 Å². The molecule has 0 spiro atoms. The monoisotopic (exact) mass is 278 g/mol. The van der Waals surface area contributed by atoms with Crippen LogP contribution < -0.4 is 0 Å². The molecule has 0 radical (unpaired) electrons. The van der Waals surface area contributed by atoms with Crippen molar-refractivity contribution in [2.45, 2.75) is 12.1 Å². The summed E-state index contributed by atoms with van der Waals surface area (Å²) in [5.41, 5.74) is -3.01. The second kappa shape index (κ2) is 4.79. The normalized spacial score (nSPS) is 15.1. The van der Waals surface area contributed by atoms with Gasteiger partial charge in [-0.2, -0.15) is 13.2 Å². The quantitative estimate of drug-likeness (QED) is 0.859. The number of fused-ring (bicyclic) bond motifs is 1. The summed E-state index contributed by atoms with van der Waals surface area (Å²) in [4.78, 5) is 1.52. The zero-order valence-electron chi connectivity index (χ0n) is 9.22. The summed E-state index contributed by atoms with van der Waals surface area (Å²) in [6.07, 6.45) is 0. The largest absolute Gasteiger partial charge is 0.441 e. The number of benzene rings is 1. The van der Waals surface area contributed by atoms with Crippen molar-refractivity contribution in [1.82, 2.24) is 4.90 Å². The standard InChI is InChI=1S/C11H10F4N2S/c12-8-2-1-7-6-17(10(16)9(7)5-8)3-4-18-11(13,14)15/h1-2,5,16H,3-4,6H2. The van der Waals surface area contributed by atoms with Crippen LogP contribution in [0.2, 0.25) is 0 Å². The lowest BCUT2D eigenvalue weighted by atomic mass is 10.1. The van der Waals surface area contributed by atoms with Gasteiger partial charge >= 0.3 is 5.51 Å². The lowest BCUT2D eigenvalue weighted by molar-refractivity contribution is -0.0328. The van der Waals surface area contributed by atoms with Gasteiger partial charge in [0.15, 0.2) is 0 Å². The molecule has 98 valence electrons. The minimum absolute atomic E-state index is 0.0901. The molecule has 0 saturated carbocycles. The molecule has 1 aromatic rings. The minimum atomic E-state index is -4.25. The topological polar surface area (TPSA) is 27.1 Å². The van der Waals surface area contributed by atoms with Crippen LogP contribution in [-0.4, -0.2) is 28.5 Å². The smallest absolute Gasteiger partial charge is 0.351 e. The molecule has 0 aromatic heterocycles. The number of amidine groups is 1. The molecule has 0 aliphatic carbocycles. The fourth-order valence-electron chi connectivity index (χ4n) is 1.82. The summed E-state index contributed by atoms with van der Waals surface area (Å²) in [6.45, 7) is 0.492. The van der Waals surface area contributed by atoms with Crippen LogP contribution in [0, 0.1) is 11.2 Å². The van der Waals surface area contributed by atoms with Crippen molar-refractivity contribution in [3.8, 4) is 0 Å². The van der Waals surface area contributed by atoms with Crippen molar-refractivity contribution in [2.75, 3.05) is 12.3 Å². The Balaban J connectivity index is 1.97. The van der Waals surface area contributed by atoms with Gasteiger partial charge in [-0.25, -0.2) is 4.39 Å². The Morgan fingerprint density at radius 1 is 1.33 bits per heavy atom. The molecule has 18 heavy (non-hydrogen) atoms. The van der Waals surface area contributed by atoms with Gasteiger partial charge in [0.1, 0.15) is 11.7 Å². The molecule has 0 saturated heterocycles. The maximum Gasteiger partial charge on any atom is 0.441 e. The first kappa shape index (κ1) is 13.2. The average molecular weight is 278 g/mol. The van der Waals surface area contributed by atoms with E-state index in [1.54, 1.807) is 6.07 Å². The Morgan fingerprint density at radius 2 is 2.06 bits per heavy atom. The molecule has 1 heterocycles. The van der Waals surface area contributed by atoms with Crippen molar-refractivity contribution in [2.24, 2.45) is 0 Å². The Kier molecular flexibility index (Phi) is 3.52. The number of thioether (sulfide) groups is 1. The van der Waals surface area contributed by atoms with E-state index in [-0.39, 0.29) is 29.9 Å². The van der Waals surface area contributed by atoms with E-state index in [1.165, 1.54) is 17.0 Å². The molecule has 0 bridgehead atoms. The first-order valence-electron chi connectivity index (χ1n) is 5.20. The summed E-state index contributed by atoms with van der Waals surface area (Å²) in [5.74, 6) is -0.486. The third kappa shape index (κ3) is 2.95. The van der Waals surface area contributed by atoms with Crippen molar-refractivity contribution in [3.05, 3.63) is 35.1 Å². The van der Waals surface area contributed by atoms with Gasteiger partial charge in [-0.15, -0.1) is 0 Å². The van der Waals surface area contributed by atoms with Gasteiger partial charge in [-0.3, -0.25) is 5.41 Å². The summed E-state index contributed by atoms with van der Waals surface area (Å²) in [5, 5.41) is 7.79. The number of halogens is 4. The van der Waals surface area contributed by atoms with Crippen molar-refractivity contribution < 1.29 is 17.6 Å². The van der Waals surface area contributed by atoms with Crippen molar-refractivity contribution in [1.29, 1.82) is 5.41 Å². The molecule has 0 fully saturated rings. The zero-order chi connectivity index (χ0) is 13.3. The second-order valence-electron chi connectivity index (χ2n) is 3.87. The molecule has 2 rings (SSSR count). The second-order valence-corrected chi connectivity index (χ2v) is 5.03. The van der Waals surface area contributed by atoms with Crippen LogP contribution in [0.4, 0.5) is 17.6 Å². The molecule has 2 nitrogen and oxygen atoms in total. The molecule has 1 aromatic carbocycles. The van der Waals surface area contributed by atoms with Gasteiger partial charge in [0, 0.05) is 24.4 Å². The Morgan fingerprint density at radius 3 is 2.72 bits per heavy atom. The Labute approximate surface area is 105 Å².